The summed E-state index contributed by atoms with van der Waals surface area (Å²) in [6.07, 6.45) is 0. The van der Waals surface area contributed by atoms with E-state index in [0.717, 1.165) is 22.2 Å². The molecule has 0 bridgehead atoms. The van der Waals surface area contributed by atoms with Gasteiger partial charge in [0.2, 0.25) is 0 Å². The van der Waals surface area contributed by atoms with E-state index >= 15 is 0 Å². The molecule has 5 heteroatoms. The normalized spacial score (nSPS) is 14.2. The van der Waals surface area contributed by atoms with Crippen molar-refractivity contribution >= 4 is 33.4 Å². The number of aliphatic imine (C=N–C) groups is 1. The number of hydrogen-bond acceptors (Lipinski definition) is 4. The minimum Gasteiger partial charge on any atom is -0.364 e. The number of hydrogen-bond donors (Lipinski definition) is 1. The Balaban J connectivity index is 2.41. The molecule has 80 valence electrons. The largest absolute Gasteiger partial charge is 0.364 e. The maximum Gasteiger partial charge on any atom is 0.155 e. The van der Waals surface area contributed by atoms with Gasteiger partial charge < -0.3 is 5.32 Å². The van der Waals surface area contributed by atoms with Gasteiger partial charge in [-0.1, -0.05) is 29.8 Å². The van der Waals surface area contributed by atoms with Crippen LogP contribution in [0.4, 0.5) is 5.69 Å². The topological polar surface area (TPSA) is 50.2 Å². The number of benzene rings is 1. The molecule has 0 aliphatic carbocycles. The van der Waals surface area contributed by atoms with E-state index in [1.807, 2.05) is 25.1 Å². The molecule has 0 atom stereocenters. The third kappa shape index (κ3) is 1.27. The second-order valence-electron chi connectivity index (χ2n) is 3.68. The summed E-state index contributed by atoms with van der Waals surface area (Å²) in [5.41, 5.74) is 3.56. The van der Waals surface area contributed by atoms with Crippen molar-refractivity contribution in [2.75, 3.05) is 12.0 Å². The zero-order valence-electron chi connectivity index (χ0n) is 8.66. The van der Waals surface area contributed by atoms with Crippen LogP contribution in [0.3, 0.4) is 0 Å². The molecule has 0 fully saturated rings. The molecule has 0 spiro atoms. The first-order valence-electron chi connectivity index (χ1n) is 4.97. The van der Waals surface area contributed by atoms with Crippen molar-refractivity contribution in [3.63, 3.8) is 0 Å². The Hall–Kier alpha value is -1.68. The highest BCUT2D eigenvalue weighted by Crippen LogP contribution is 2.28. The van der Waals surface area contributed by atoms with Gasteiger partial charge in [0.1, 0.15) is 12.4 Å². The van der Waals surface area contributed by atoms with Gasteiger partial charge in [-0.2, -0.15) is 0 Å². The Morgan fingerprint density at radius 3 is 3.06 bits per heavy atom. The fourth-order valence-electron chi connectivity index (χ4n) is 1.86. The summed E-state index contributed by atoms with van der Waals surface area (Å²) in [7, 11) is 0. The van der Waals surface area contributed by atoms with E-state index in [4.69, 9.17) is 11.6 Å². The fourth-order valence-corrected chi connectivity index (χ4v) is 2.05. The highest BCUT2D eigenvalue weighted by atomic mass is 35.5. The molecule has 0 unspecified atom stereocenters. The number of nitrogens with one attached hydrogen (secondary N) is 1. The Bertz CT molecular complexity index is 606. The maximum atomic E-state index is 5.99. The predicted molar refractivity (Wildman–Crippen MR) is 65.2 cm³/mol. The molecule has 1 aromatic carbocycles. The van der Waals surface area contributed by atoms with Gasteiger partial charge in [-0.05, 0) is 12.5 Å². The second kappa shape index (κ2) is 3.42. The molecule has 0 saturated heterocycles. The Morgan fingerprint density at radius 2 is 2.19 bits per heavy atom. The van der Waals surface area contributed by atoms with Crippen LogP contribution >= 0.6 is 11.6 Å². The monoisotopic (exact) mass is 232 g/mol. The van der Waals surface area contributed by atoms with Crippen LogP contribution in [0.5, 0.6) is 0 Å². The van der Waals surface area contributed by atoms with E-state index < -0.39 is 0 Å². The van der Waals surface area contributed by atoms with Gasteiger partial charge in [0.15, 0.2) is 5.17 Å². The van der Waals surface area contributed by atoms with Gasteiger partial charge in [0.05, 0.1) is 11.2 Å². The summed E-state index contributed by atoms with van der Waals surface area (Å²) in [6.45, 7) is 2.50. The van der Waals surface area contributed by atoms with Crippen molar-refractivity contribution in [3.8, 4) is 0 Å². The first-order chi connectivity index (χ1) is 7.77. The van der Waals surface area contributed by atoms with Crippen molar-refractivity contribution in [1.29, 1.82) is 0 Å². The van der Waals surface area contributed by atoms with E-state index in [1.54, 1.807) is 0 Å². The molecule has 0 saturated carbocycles. The van der Waals surface area contributed by atoms with Gasteiger partial charge in [-0.15, -0.1) is 10.2 Å². The summed E-state index contributed by atoms with van der Waals surface area (Å²) < 4.78 is 0. The molecule has 1 aliphatic heterocycles. The molecular formula is C11H9ClN4. The lowest BCUT2D eigenvalue weighted by Gasteiger charge is -2.15. The smallest absolute Gasteiger partial charge is 0.155 e. The minimum atomic E-state index is 0.421. The van der Waals surface area contributed by atoms with E-state index in [2.05, 4.69) is 20.5 Å². The molecule has 1 aliphatic rings. The Labute approximate surface area is 97.4 Å². The summed E-state index contributed by atoms with van der Waals surface area (Å²) in [5, 5.41) is 13.0. The van der Waals surface area contributed by atoms with Crippen LogP contribution in [-0.4, -0.2) is 22.0 Å². The highest BCUT2D eigenvalue weighted by molar-refractivity contribution is 6.70. The number of anilines is 1. The van der Waals surface area contributed by atoms with Crippen molar-refractivity contribution in [2.45, 2.75) is 6.92 Å². The lowest BCUT2D eigenvalue weighted by molar-refractivity contribution is 1.02. The van der Waals surface area contributed by atoms with E-state index in [1.165, 1.54) is 0 Å². The molecule has 0 radical (unpaired) electrons. The predicted octanol–water partition coefficient (Wildman–Crippen LogP) is 2.31. The van der Waals surface area contributed by atoms with E-state index in [0.29, 0.717) is 17.5 Å². The molecule has 4 nitrogen and oxygen atoms in total. The van der Waals surface area contributed by atoms with Crippen LogP contribution in [0.2, 0.25) is 0 Å². The van der Waals surface area contributed by atoms with Crippen LogP contribution in [0, 0.1) is 6.92 Å². The Kier molecular flexibility index (Phi) is 2.04. The summed E-state index contributed by atoms with van der Waals surface area (Å²) >= 11 is 5.99. The molecule has 16 heavy (non-hydrogen) atoms. The number of nitrogens with zero attached hydrogens (tertiary/aromatic N) is 3. The molecule has 2 heterocycles. The van der Waals surface area contributed by atoms with Gasteiger partial charge in [0, 0.05) is 5.39 Å². The van der Waals surface area contributed by atoms with Gasteiger partial charge >= 0.3 is 0 Å². The first-order valence-corrected chi connectivity index (χ1v) is 5.35. The van der Waals surface area contributed by atoms with Crippen LogP contribution in [0.1, 0.15) is 11.3 Å². The summed E-state index contributed by atoms with van der Waals surface area (Å²) in [5.74, 6) is 0. The zero-order chi connectivity index (χ0) is 11.1. The molecule has 3 rings (SSSR count). The standard InChI is InChI=1S/C11H9ClN4/c1-6-3-2-4-7-8(6)15-16-10-9(7)13-5-14-11(10)12/h2-4,13H,5H2,1H3. The van der Waals surface area contributed by atoms with Crippen LogP contribution < -0.4 is 5.32 Å². The van der Waals surface area contributed by atoms with Gasteiger partial charge in [-0.25, -0.2) is 4.99 Å². The number of aromatic nitrogens is 2. The minimum absolute atomic E-state index is 0.421. The van der Waals surface area contributed by atoms with Crippen LogP contribution in [0.25, 0.3) is 10.9 Å². The summed E-state index contributed by atoms with van der Waals surface area (Å²) in [6, 6.07) is 6.03. The third-order valence-corrected chi connectivity index (χ3v) is 2.96. The number of rotatable bonds is 0. The number of fused-ring (bicyclic) bond motifs is 3. The second-order valence-corrected chi connectivity index (χ2v) is 4.04. The maximum absolute atomic E-state index is 5.99. The molecule has 1 N–H and O–H groups in total. The quantitative estimate of drug-likeness (QED) is 0.758. The first kappa shape index (κ1) is 9.54. The molecular weight excluding hydrogens is 224 g/mol. The Morgan fingerprint density at radius 1 is 1.31 bits per heavy atom. The lowest BCUT2D eigenvalue weighted by atomic mass is 10.1. The lowest BCUT2D eigenvalue weighted by Crippen LogP contribution is -2.15. The van der Waals surface area contributed by atoms with Crippen molar-refractivity contribution in [1.82, 2.24) is 10.2 Å². The van der Waals surface area contributed by atoms with Crippen LogP contribution in [-0.2, 0) is 0 Å². The number of aryl methyl sites for hydroxylation is 1. The third-order valence-electron chi connectivity index (χ3n) is 2.66. The van der Waals surface area contributed by atoms with E-state index in [9.17, 15) is 0 Å². The molecule has 0 amide bonds. The summed E-state index contributed by atoms with van der Waals surface area (Å²) in [4.78, 5) is 4.07. The number of halogens is 1. The average Bonchev–Trinajstić information content (AvgIpc) is 2.30. The fraction of sp³-hybridized carbons (Fsp3) is 0.182. The zero-order valence-corrected chi connectivity index (χ0v) is 9.41. The van der Waals surface area contributed by atoms with Crippen molar-refractivity contribution < 1.29 is 0 Å². The highest BCUT2D eigenvalue weighted by Gasteiger charge is 2.17. The SMILES string of the molecule is Cc1cccc2c3c(nnc12)C(Cl)=NCN3. The molecule has 2 aromatic rings. The van der Waals surface area contributed by atoms with Gasteiger partial charge in [-0.3, -0.25) is 0 Å². The average molecular weight is 233 g/mol. The van der Waals surface area contributed by atoms with Crippen LogP contribution in [0.15, 0.2) is 23.2 Å². The van der Waals surface area contributed by atoms with E-state index in [-0.39, 0.29) is 0 Å². The van der Waals surface area contributed by atoms with Gasteiger partial charge in [0.25, 0.3) is 0 Å². The van der Waals surface area contributed by atoms with Crippen molar-refractivity contribution in [2.24, 2.45) is 4.99 Å². The molecule has 1 aromatic heterocycles. The van der Waals surface area contributed by atoms with Crippen molar-refractivity contribution in [3.05, 3.63) is 29.5 Å².